The number of rotatable bonds is 4. The molecule has 0 aliphatic rings. The van der Waals surface area contributed by atoms with E-state index in [1.54, 1.807) is 9.08 Å². The highest BCUT2D eigenvalue weighted by Crippen LogP contribution is 2.29. The van der Waals surface area contributed by atoms with E-state index in [0.717, 1.165) is 27.8 Å². The molecule has 0 fully saturated rings. The summed E-state index contributed by atoms with van der Waals surface area (Å²) in [6, 6.07) is 20.5. The summed E-state index contributed by atoms with van der Waals surface area (Å²) in [5.74, 6) is -0.250. The molecule has 1 N–H and O–H groups in total. The van der Waals surface area contributed by atoms with Gasteiger partial charge in [-0.2, -0.15) is 0 Å². The highest BCUT2D eigenvalue weighted by molar-refractivity contribution is 5.90. The molecule has 7 nitrogen and oxygen atoms in total. The summed E-state index contributed by atoms with van der Waals surface area (Å²) in [6.07, 6.45) is 0. The molecule has 0 aliphatic carbocycles. The first-order valence-corrected chi connectivity index (χ1v) is 12.4. The largest absolute Gasteiger partial charge is 0.349 e. The van der Waals surface area contributed by atoms with Crippen LogP contribution in [0.25, 0.3) is 27.8 Å². The van der Waals surface area contributed by atoms with Crippen molar-refractivity contribution in [2.75, 3.05) is 0 Å². The van der Waals surface area contributed by atoms with Crippen molar-refractivity contribution in [1.82, 2.24) is 24.7 Å². The molecule has 0 bridgehead atoms. The number of nitrogens with one attached hydrogen (secondary N) is 1. The van der Waals surface area contributed by atoms with E-state index >= 15 is 0 Å². The Morgan fingerprint density at radius 2 is 1.54 bits per heavy atom. The molecule has 1 amide bonds. The summed E-state index contributed by atoms with van der Waals surface area (Å²) < 4.78 is 3.21. The summed E-state index contributed by atoms with van der Waals surface area (Å²) in [5.41, 5.74) is 5.89. The fourth-order valence-corrected chi connectivity index (χ4v) is 4.94. The van der Waals surface area contributed by atoms with Gasteiger partial charge in [0.25, 0.3) is 5.56 Å². The van der Waals surface area contributed by atoms with E-state index in [-0.39, 0.29) is 11.5 Å². The standard InChI is InChI=1S/C30H31N5O2/c1-18-12-13-23-24(17-18)34(29(37)27-25(32-33-35(23)27)21-10-8-7-9-11-21)26(28(36)31-30(4,5)6)22-15-19(2)14-20(3)16-22/h7-17,26H,1-6H3,(H,31,36). The van der Waals surface area contributed by atoms with Gasteiger partial charge in [0, 0.05) is 11.1 Å². The molecular formula is C30H31N5O2. The van der Waals surface area contributed by atoms with Crippen molar-refractivity contribution in [2.45, 2.75) is 53.1 Å². The third kappa shape index (κ3) is 4.53. The van der Waals surface area contributed by atoms with Crippen LogP contribution in [0.1, 0.15) is 49.1 Å². The number of nitrogens with zero attached hydrogens (tertiary/aromatic N) is 4. The maximum Gasteiger partial charge on any atom is 0.280 e. The van der Waals surface area contributed by atoms with Crippen LogP contribution < -0.4 is 10.9 Å². The predicted molar refractivity (Wildman–Crippen MR) is 147 cm³/mol. The van der Waals surface area contributed by atoms with Gasteiger partial charge in [-0.05, 0) is 64.8 Å². The summed E-state index contributed by atoms with van der Waals surface area (Å²) >= 11 is 0. The lowest BCUT2D eigenvalue weighted by Crippen LogP contribution is -2.46. The SMILES string of the molecule is Cc1cc(C)cc(C(C(=O)NC(C)(C)C)n2c(=O)c3c(-c4ccccc4)nnn3c3ccc(C)cc32)c1. The lowest BCUT2D eigenvalue weighted by molar-refractivity contribution is -0.124. The molecule has 37 heavy (non-hydrogen) atoms. The Balaban J connectivity index is 1.92. The lowest BCUT2D eigenvalue weighted by atomic mass is 9.98. The van der Waals surface area contributed by atoms with Gasteiger partial charge in [0.15, 0.2) is 5.52 Å². The lowest BCUT2D eigenvalue weighted by Gasteiger charge is -2.28. The van der Waals surface area contributed by atoms with E-state index in [2.05, 4.69) is 21.7 Å². The van der Waals surface area contributed by atoms with Gasteiger partial charge in [-0.15, -0.1) is 5.10 Å². The molecule has 2 aromatic heterocycles. The highest BCUT2D eigenvalue weighted by atomic mass is 16.2. The first-order valence-electron chi connectivity index (χ1n) is 12.4. The second kappa shape index (κ2) is 9.00. The van der Waals surface area contributed by atoms with Crippen molar-refractivity contribution in [1.29, 1.82) is 0 Å². The molecule has 5 rings (SSSR count). The van der Waals surface area contributed by atoms with Gasteiger partial charge in [-0.25, -0.2) is 4.52 Å². The number of amides is 1. The fraction of sp³-hybridized carbons (Fsp3) is 0.267. The Kier molecular flexibility index (Phi) is 5.94. The molecule has 2 heterocycles. The first-order chi connectivity index (χ1) is 17.5. The molecule has 188 valence electrons. The molecule has 0 spiro atoms. The molecular weight excluding hydrogens is 462 g/mol. The Morgan fingerprint density at radius 1 is 0.865 bits per heavy atom. The fourth-order valence-electron chi connectivity index (χ4n) is 4.94. The molecule has 0 aliphatic heterocycles. The smallest absolute Gasteiger partial charge is 0.280 e. The number of aryl methyl sites for hydroxylation is 3. The quantitative estimate of drug-likeness (QED) is 0.376. The summed E-state index contributed by atoms with van der Waals surface area (Å²) in [4.78, 5) is 28.4. The van der Waals surface area contributed by atoms with Gasteiger partial charge in [0.1, 0.15) is 11.7 Å². The van der Waals surface area contributed by atoms with Crippen molar-refractivity contribution in [2.24, 2.45) is 0 Å². The Morgan fingerprint density at radius 3 is 2.19 bits per heavy atom. The van der Waals surface area contributed by atoms with Crippen LogP contribution in [-0.2, 0) is 4.79 Å². The maximum atomic E-state index is 14.4. The van der Waals surface area contributed by atoms with Crippen LogP contribution >= 0.6 is 0 Å². The third-order valence-electron chi connectivity index (χ3n) is 6.32. The minimum Gasteiger partial charge on any atom is -0.349 e. The second-order valence-corrected chi connectivity index (χ2v) is 10.8. The van der Waals surface area contributed by atoms with E-state index in [4.69, 9.17) is 0 Å². The number of fused-ring (bicyclic) bond motifs is 3. The molecule has 3 aromatic carbocycles. The van der Waals surface area contributed by atoms with Crippen molar-refractivity contribution >= 4 is 22.5 Å². The average Bonchev–Trinajstić information content (AvgIpc) is 3.26. The van der Waals surface area contributed by atoms with Crippen LogP contribution in [0.3, 0.4) is 0 Å². The van der Waals surface area contributed by atoms with Crippen LogP contribution in [-0.4, -0.2) is 30.8 Å². The van der Waals surface area contributed by atoms with Gasteiger partial charge >= 0.3 is 0 Å². The highest BCUT2D eigenvalue weighted by Gasteiger charge is 2.31. The predicted octanol–water partition coefficient (Wildman–Crippen LogP) is 5.14. The van der Waals surface area contributed by atoms with Crippen molar-refractivity contribution in [3.05, 3.63) is 99.3 Å². The number of aromatic nitrogens is 4. The Hall–Kier alpha value is -4.26. The number of hydrogen-bond donors (Lipinski definition) is 1. The minimum atomic E-state index is -0.891. The van der Waals surface area contributed by atoms with Gasteiger partial charge in [0.2, 0.25) is 5.91 Å². The van der Waals surface area contributed by atoms with Crippen molar-refractivity contribution in [3.8, 4) is 11.3 Å². The summed E-state index contributed by atoms with van der Waals surface area (Å²) in [5, 5.41) is 11.9. The van der Waals surface area contributed by atoms with E-state index in [0.29, 0.717) is 22.2 Å². The third-order valence-corrected chi connectivity index (χ3v) is 6.32. The first kappa shape index (κ1) is 24.4. The van der Waals surface area contributed by atoms with E-state index < -0.39 is 11.6 Å². The zero-order valence-electron chi connectivity index (χ0n) is 22.0. The average molecular weight is 494 g/mol. The molecule has 1 unspecified atom stereocenters. The number of carbonyl (C=O) groups excluding carboxylic acids is 1. The number of hydrogen-bond acceptors (Lipinski definition) is 4. The minimum absolute atomic E-state index is 0.250. The van der Waals surface area contributed by atoms with Gasteiger partial charge in [0.05, 0.1) is 11.0 Å². The second-order valence-electron chi connectivity index (χ2n) is 10.8. The molecule has 1 atom stereocenters. The normalized spacial score (nSPS) is 12.7. The summed E-state index contributed by atoms with van der Waals surface area (Å²) in [6.45, 7) is 11.8. The maximum absolute atomic E-state index is 14.4. The monoisotopic (exact) mass is 493 g/mol. The topological polar surface area (TPSA) is 81.3 Å². The van der Waals surface area contributed by atoms with Crippen molar-refractivity contribution < 1.29 is 4.79 Å². The van der Waals surface area contributed by atoms with Crippen molar-refractivity contribution in [3.63, 3.8) is 0 Å². The van der Waals surface area contributed by atoms with Gasteiger partial charge in [-0.1, -0.05) is 70.9 Å². The Bertz CT molecular complexity index is 1690. The molecule has 0 saturated carbocycles. The number of carbonyl (C=O) groups is 1. The molecule has 0 saturated heterocycles. The van der Waals surface area contributed by atoms with Crippen LogP contribution in [0.4, 0.5) is 0 Å². The van der Waals surface area contributed by atoms with Crippen LogP contribution in [0.15, 0.2) is 71.5 Å². The Labute approximate surface area is 215 Å². The molecule has 5 aromatic rings. The summed E-state index contributed by atoms with van der Waals surface area (Å²) in [7, 11) is 0. The van der Waals surface area contributed by atoms with E-state index in [1.807, 2.05) is 102 Å². The van der Waals surface area contributed by atoms with Crippen LogP contribution in [0.5, 0.6) is 0 Å². The van der Waals surface area contributed by atoms with E-state index in [1.165, 1.54) is 0 Å². The number of benzene rings is 3. The molecule has 7 heteroatoms. The van der Waals surface area contributed by atoms with Crippen LogP contribution in [0, 0.1) is 20.8 Å². The molecule has 0 radical (unpaired) electrons. The zero-order chi connectivity index (χ0) is 26.5. The van der Waals surface area contributed by atoms with Gasteiger partial charge < -0.3 is 5.32 Å². The van der Waals surface area contributed by atoms with Gasteiger partial charge in [-0.3, -0.25) is 14.2 Å². The van der Waals surface area contributed by atoms with E-state index in [9.17, 15) is 9.59 Å². The van der Waals surface area contributed by atoms with Crippen LogP contribution in [0.2, 0.25) is 0 Å². The zero-order valence-corrected chi connectivity index (χ0v) is 22.0.